The molecule has 0 aromatic rings. The molecular formula is C12H20O4S. The average molecular weight is 260 g/mol. The summed E-state index contributed by atoms with van der Waals surface area (Å²) in [6.07, 6.45) is 0.604. The second-order valence-electron chi connectivity index (χ2n) is 6.48. The molecule has 2 fully saturated rings. The minimum absolute atomic E-state index is 0.00715. The van der Waals surface area contributed by atoms with Gasteiger partial charge in [0.25, 0.3) is 0 Å². The highest BCUT2D eigenvalue weighted by Gasteiger charge is 2.69. The number of hydrogen-bond acceptors (Lipinski definition) is 3. The molecule has 98 valence electrons. The van der Waals surface area contributed by atoms with Gasteiger partial charge in [-0.15, -0.1) is 0 Å². The van der Waals surface area contributed by atoms with Crippen molar-refractivity contribution in [2.24, 2.45) is 23.2 Å². The molecule has 3 atom stereocenters. The van der Waals surface area contributed by atoms with E-state index in [1.165, 1.54) is 0 Å². The first-order valence-electron chi connectivity index (χ1n) is 5.98. The van der Waals surface area contributed by atoms with E-state index in [9.17, 15) is 18.3 Å². The number of carbonyl (C=O) groups is 1. The van der Waals surface area contributed by atoms with Crippen LogP contribution in [0.1, 0.15) is 34.1 Å². The third-order valence-electron chi connectivity index (χ3n) is 5.00. The van der Waals surface area contributed by atoms with Crippen molar-refractivity contribution in [3.8, 4) is 0 Å². The predicted octanol–water partition coefficient (Wildman–Crippen LogP) is 1.56. The summed E-state index contributed by atoms with van der Waals surface area (Å²) >= 11 is 0. The Bertz CT molecular complexity index is 461. The van der Waals surface area contributed by atoms with Crippen LogP contribution in [0.25, 0.3) is 0 Å². The normalized spacial score (nSPS) is 41.1. The molecule has 1 N–H and O–H groups in total. The molecule has 3 unspecified atom stereocenters. The third kappa shape index (κ3) is 1.54. The van der Waals surface area contributed by atoms with E-state index in [-0.39, 0.29) is 28.9 Å². The molecule has 1 aliphatic carbocycles. The van der Waals surface area contributed by atoms with Crippen molar-refractivity contribution in [2.75, 3.05) is 5.75 Å². The summed E-state index contributed by atoms with van der Waals surface area (Å²) in [4.78, 5) is 11.2. The predicted molar refractivity (Wildman–Crippen MR) is 64.4 cm³/mol. The van der Waals surface area contributed by atoms with E-state index in [2.05, 4.69) is 0 Å². The lowest BCUT2D eigenvalue weighted by Gasteiger charge is -2.26. The van der Waals surface area contributed by atoms with Gasteiger partial charge in [0.1, 0.15) is 0 Å². The average Bonchev–Trinajstić information content (AvgIpc) is 2.60. The molecule has 0 bridgehead atoms. The monoisotopic (exact) mass is 260 g/mol. The highest BCUT2D eigenvalue weighted by molar-refractivity contribution is 7.93. The van der Waals surface area contributed by atoms with Crippen molar-refractivity contribution in [3.63, 3.8) is 0 Å². The van der Waals surface area contributed by atoms with Gasteiger partial charge in [0, 0.05) is 0 Å². The van der Waals surface area contributed by atoms with Crippen molar-refractivity contribution < 1.29 is 18.3 Å². The topological polar surface area (TPSA) is 71.4 Å². The van der Waals surface area contributed by atoms with Crippen molar-refractivity contribution >= 4 is 15.8 Å². The van der Waals surface area contributed by atoms with Crippen LogP contribution in [0, 0.1) is 23.2 Å². The maximum atomic E-state index is 12.0. The van der Waals surface area contributed by atoms with Crippen LogP contribution in [0.15, 0.2) is 0 Å². The maximum absolute atomic E-state index is 12.0. The Morgan fingerprint density at radius 1 is 1.24 bits per heavy atom. The third-order valence-corrected chi connectivity index (χ3v) is 7.68. The molecule has 2 rings (SSSR count). The molecule has 0 spiro atoms. The van der Waals surface area contributed by atoms with Gasteiger partial charge in [0.2, 0.25) is 0 Å². The molecule has 5 heteroatoms. The van der Waals surface area contributed by atoms with E-state index in [4.69, 9.17) is 0 Å². The molecule has 0 amide bonds. The van der Waals surface area contributed by atoms with E-state index >= 15 is 0 Å². The molecule has 0 aromatic carbocycles. The number of hydrogen-bond donors (Lipinski definition) is 1. The molecule has 2 aliphatic rings. The summed E-state index contributed by atoms with van der Waals surface area (Å²) in [6, 6.07) is 0. The Morgan fingerprint density at radius 3 is 2.06 bits per heavy atom. The minimum Gasteiger partial charge on any atom is -0.481 e. The molecule has 0 aromatic heterocycles. The van der Waals surface area contributed by atoms with Crippen LogP contribution in [0.4, 0.5) is 0 Å². The number of rotatable bonds is 2. The number of carboxylic acid groups (broad SMARTS) is 1. The van der Waals surface area contributed by atoms with Gasteiger partial charge in [-0.2, -0.15) is 0 Å². The Balaban J connectivity index is 2.31. The zero-order valence-corrected chi connectivity index (χ0v) is 11.5. The van der Waals surface area contributed by atoms with E-state index in [0.29, 0.717) is 6.42 Å². The largest absolute Gasteiger partial charge is 0.481 e. The molecule has 17 heavy (non-hydrogen) atoms. The Labute approximate surface area is 102 Å². The van der Waals surface area contributed by atoms with Gasteiger partial charge in [-0.1, -0.05) is 13.8 Å². The summed E-state index contributed by atoms with van der Waals surface area (Å²) < 4.78 is 23.2. The quantitative estimate of drug-likeness (QED) is 0.817. The van der Waals surface area contributed by atoms with Crippen LogP contribution >= 0.6 is 0 Å². The second kappa shape index (κ2) is 3.25. The fourth-order valence-corrected chi connectivity index (χ4v) is 5.45. The van der Waals surface area contributed by atoms with Crippen LogP contribution < -0.4 is 0 Å². The molecule has 1 saturated carbocycles. The summed E-state index contributed by atoms with van der Waals surface area (Å²) in [5.41, 5.74) is -0.270. The van der Waals surface area contributed by atoms with Crippen LogP contribution in [-0.4, -0.2) is 30.0 Å². The van der Waals surface area contributed by atoms with Gasteiger partial charge in [-0.25, -0.2) is 8.42 Å². The molecule has 1 heterocycles. The number of aliphatic carboxylic acids is 1. The number of sulfone groups is 1. The molecule has 1 aliphatic heterocycles. The summed E-state index contributed by atoms with van der Waals surface area (Å²) in [5, 5.41) is 9.17. The summed E-state index contributed by atoms with van der Waals surface area (Å²) in [7, 11) is -3.07. The first-order chi connectivity index (χ1) is 7.53. The highest BCUT2D eigenvalue weighted by Crippen LogP contribution is 2.66. The fraction of sp³-hybridized carbons (Fsp3) is 0.917. The van der Waals surface area contributed by atoms with Gasteiger partial charge in [0.05, 0.1) is 16.4 Å². The van der Waals surface area contributed by atoms with Crippen molar-refractivity contribution in [2.45, 2.75) is 38.9 Å². The van der Waals surface area contributed by atoms with Gasteiger partial charge in [0.15, 0.2) is 9.84 Å². The van der Waals surface area contributed by atoms with Gasteiger partial charge in [-0.05, 0) is 37.5 Å². The van der Waals surface area contributed by atoms with E-state index in [1.807, 2.05) is 13.8 Å². The lowest BCUT2D eigenvalue weighted by molar-refractivity contribution is -0.139. The first-order valence-corrected chi connectivity index (χ1v) is 7.64. The molecule has 0 radical (unpaired) electrons. The van der Waals surface area contributed by atoms with Crippen LogP contribution in [0.2, 0.25) is 0 Å². The van der Waals surface area contributed by atoms with Gasteiger partial charge in [-0.3, -0.25) is 4.79 Å². The molecule has 1 saturated heterocycles. The maximum Gasteiger partial charge on any atom is 0.307 e. The lowest BCUT2D eigenvalue weighted by atomic mass is 9.85. The standard InChI is InChI=1S/C12H20O4S/c1-11(2)8(9(11)10(13)14)7-5-6-17(15,16)12(7,3)4/h7-9H,5-6H2,1-4H3,(H,13,14). The van der Waals surface area contributed by atoms with Crippen LogP contribution in [-0.2, 0) is 14.6 Å². The Hall–Kier alpha value is -0.580. The van der Waals surface area contributed by atoms with Crippen molar-refractivity contribution in [1.29, 1.82) is 0 Å². The first kappa shape index (κ1) is 12.9. The lowest BCUT2D eigenvalue weighted by Crippen LogP contribution is -2.35. The van der Waals surface area contributed by atoms with E-state index in [0.717, 1.165) is 0 Å². The van der Waals surface area contributed by atoms with E-state index in [1.54, 1.807) is 13.8 Å². The molecular weight excluding hydrogens is 240 g/mol. The Kier molecular flexibility index (Phi) is 2.46. The highest BCUT2D eigenvalue weighted by atomic mass is 32.2. The molecule has 4 nitrogen and oxygen atoms in total. The fourth-order valence-electron chi connectivity index (χ4n) is 3.64. The summed E-state index contributed by atoms with van der Waals surface area (Å²) in [6.45, 7) is 7.34. The second-order valence-corrected chi connectivity index (χ2v) is 9.17. The SMILES string of the molecule is CC1(C)C(C(=O)O)C1C1CCS(=O)(=O)C1(C)C. The van der Waals surface area contributed by atoms with Crippen molar-refractivity contribution in [1.82, 2.24) is 0 Å². The summed E-state index contributed by atoms with van der Waals surface area (Å²) in [5.74, 6) is -1.01. The van der Waals surface area contributed by atoms with E-state index < -0.39 is 20.6 Å². The van der Waals surface area contributed by atoms with Gasteiger partial charge < -0.3 is 5.11 Å². The van der Waals surface area contributed by atoms with Crippen molar-refractivity contribution in [3.05, 3.63) is 0 Å². The van der Waals surface area contributed by atoms with Crippen LogP contribution in [0.5, 0.6) is 0 Å². The zero-order valence-electron chi connectivity index (χ0n) is 10.7. The zero-order chi connectivity index (χ0) is 13.2. The Morgan fingerprint density at radius 2 is 1.76 bits per heavy atom. The smallest absolute Gasteiger partial charge is 0.307 e. The number of carboxylic acids is 1. The van der Waals surface area contributed by atoms with Crippen LogP contribution in [0.3, 0.4) is 0 Å². The van der Waals surface area contributed by atoms with Gasteiger partial charge >= 0.3 is 5.97 Å². The minimum atomic E-state index is -3.07.